The highest BCUT2D eigenvalue weighted by molar-refractivity contribution is 7.99. The average molecular weight is 288 g/mol. The molecule has 0 saturated heterocycles. The van der Waals surface area contributed by atoms with Gasteiger partial charge in [0.15, 0.2) is 0 Å². The number of aryl methyl sites for hydroxylation is 2. The van der Waals surface area contributed by atoms with Gasteiger partial charge in [0.1, 0.15) is 10.8 Å². The van der Waals surface area contributed by atoms with Crippen LogP contribution in [-0.2, 0) is 0 Å². The number of nitrogens with zero attached hydrogens (tertiary/aromatic N) is 1. The van der Waals surface area contributed by atoms with E-state index in [9.17, 15) is 0 Å². The van der Waals surface area contributed by atoms with Crippen molar-refractivity contribution < 1.29 is 4.74 Å². The topological polar surface area (TPSA) is 48.1 Å². The predicted molar refractivity (Wildman–Crippen MR) is 84.5 cm³/mol. The molecule has 0 atom stereocenters. The molecule has 1 aromatic carbocycles. The summed E-state index contributed by atoms with van der Waals surface area (Å²) in [6.07, 6.45) is 0.133. The Bertz CT molecular complexity index is 591. The first-order chi connectivity index (χ1) is 9.42. The number of ether oxygens (including phenoxy) is 1. The molecule has 4 heteroatoms. The van der Waals surface area contributed by atoms with Gasteiger partial charge in [0.2, 0.25) is 0 Å². The zero-order valence-corrected chi connectivity index (χ0v) is 13.1. The minimum atomic E-state index is 0.133. The van der Waals surface area contributed by atoms with Crippen LogP contribution in [-0.4, -0.2) is 11.1 Å². The molecule has 1 heterocycles. The van der Waals surface area contributed by atoms with Gasteiger partial charge in [0.25, 0.3) is 0 Å². The Morgan fingerprint density at radius 1 is 1.10 bits per heavy atom. The predicted octanol–water partition coefficient (Wildman–Crippen LogP) is 4.22. The van der Waals surface area contributed by atoms with Gasteiger partial charge in [0.05, 0.1) is 6.10 Å². The molecule has 0 fully saturated rings. The quantitative estimate of drug-likeness (QED) is 0.856. The first-order valence-corrected chi connectivity index (χ1v) is 7.44. The van der Waals surface area contributed by atoms with Gasteiger partial charge in [-0.05, 0) is 57.5 Å². The van der Waals surface area contributed by atoms with Crippen LogP contribution in [0.1, 0.15) is 25.1 Å². The monoisotopic (exact) mass is 288 g/mol. The Morgan fingerprint density at radius 2 is 1.85 bits per heavy atom. The Balaban J connectivity index is 2.26. The molecule has 3 nitrogen and oxygen atoms in total. The summed E-state index contributed by atoms with van der Waals surface area (Å²) < 4.78 is 5.71. The third-order valence-electron chi connectivity index (χ3n) is 2.57. The van der Waals surface area contributed by atoms with E-state index in [-0.39, 0.29) is 6.10 Å². The molecule has 2 rings (SSSR count). The highest BCUT2D eigenvalue weighted by Crippen LogP contribution is 2.32. The van der Waals surface area contributed by atoms with Crippen LogP contribution < -0.4 is 10.5 Å². The molecule has 0 unspecified atom stereocenters. The lowest BCUT2D eigenvalue weighted by Crippen LogP contribution is -2.05. The largest absolute Gasteiger partial charge is 0.491 e. The molecule has 106 valence electrons. The molecule has 0 spiro atoms. The van der Waals surface area contributed by atoms with Crippen molar-refractivity contribution in [2.24, 2.45) is 0 Å². The molecule has 0 radical (unpaired) electrons. The zero-order valence-electron chi connectivity index (χ0n) is 12.3. The normalized spacial score (nSPS) is 10.8. The van der Waals surface area contributed by atoms with E-state index in [1.165, 1.54) is 5.56 Å². The Hall–Kier alpha value is -1.68. The molecule has 2 aromatic rings. The van der Waals surface area contributed by atoms with Gasteiger partial charge in [-0.15, -0.1) is 0 Å². The number of hydrogen-bond acceptors (Lipinski definition) is 4. The number of aromatic nitrogens is 1. The Morgan fingerprint density at radius 3 is 2.50 bits per heavy atom. The van der Waals surface area contributed by atoms with Crippen LogP contribution in [0.4, 0.5) is 5.69 Å². The van der Waals surface area contributed by atoms with Gasteiger partial charge in [0, 0.05) is 22.3 Å². The van der Waals surface area contributed by atoms with Crippen LogP contribution >= 0.6 is 11.8 Å². The number of anilines is 1. The van der Waals surface area contributed by atoms with Crippen LogP contribution in [0.15, 0.2) is 40.3 Å². The number of nitrogen functional groups attached to an aromatic ring is 1. The Kier molecular flexibility index (Phi) is 4.55. The molecule has 1 aromatic heterocycles. The van der Waals surface area contributed by atoms with Crippen molar-refractivity contribution in [2.75, 3.05) is 5.73 Å². The second kappa shape index (κ2) is 6.18. The highest BCUT2D eigenvalue weighted by atomic mass is 32.2. The first-order valence-electron chi connectivity index (χ1n) is 6.63. The molecule has 0 amide bonds. The van der Waals surface area contributed by atoms with Gasteiger partial charge in [-0.1, -0.05) is 11.8 Å². The summed E-state index contributed by atoms with van der Waals surface area (Å²) in [4.78, 5) is 5.57. The standard InChI is InChI=1S/C16H20N2OS/c1-10(2)19-14-7-13(17)8-15(9-14)20-16-6-11(3)5-12(4)18-16/h5-10H,17H2,1-4H3. The minimum absolute atomic E-state index is 0.133. The SMILES string of the molecule is Cc1cc(C)nc(Sc2cc(N)cc(OC(C)C)c2)c1. The lowest BCUT2D eigenvalue weighted by Gasteiger charge is -2.12. The maximum absolute atomic E-state index is 5.93. The summed E-state index contributed by atoms with van der Waals surface area (Å²) in [5.41, 5.74) is 8.87. The fourth-order valence-corrected chi connectivity index (χ4v) is 3.02. The summed E-state index contributed by atoms with van der Waals surface area (Å²) in [7, 11) is 0. The molecule has 2 N–H and O–H groups in total. The maximum Gasteiger partial charge on any atom is 0.122 e. The summed E-state index contributed by atoms with van der Waals surface area (Å²) in [5.74, 6) is 0.798. The van der Waals surface area contributed by atoms with Crippen LogP contribution in [0.3, 0.4) is 0 Å². The number of pyridine rings is 1. The zero-order chi connectivity index (χ0) is 14.7. The molecule has 0 aliphatic heterocycles. The van der Waals surface area contributed by atoms with E-state index in [0.717, 1.165) is 21.4 Å². The van der Waals surface area contributed by atoms with Crippen molar-refractivity contribution in [2.45, 2.75) is 43.7 Å². The lowest BCUT2D eigenvalue weighted by atomic mass is 10.3. The summed E-state index contributed by atoms with van der Waals surface area (Å²) in [5, 5.41) is 0.976. The van der Waals surface area contributed by atoms with Crippen LogP contribution in [0.25, 0.3) is 0 Å². The first kappa shape index (κ1) is 14.7. The van der Waals surface area contributed by atoms with Crippen molar-refractivity contribution in [1.82, 2.24) is 4.98 Å². The summed E-state index contributed by atoms with van der Waals surface area (Å²) >= 11 is 1.60. The summed E-state index contributed by atoms with van der Waals surface area (Å²) in [6.45, 7) is 8.08. The van der Waals surface area contributed by atoms with Crippen molar-refractivity contribution in [3.63, 3.8) is 0 Å². The van der Waals surface area contributed by atoms with Crippen molar-refractivity contribution in [3.8, 4) is 5.75 Å². The second-order valence-corrected chi connectivity index (χ2v) is 6.22. The average Bonchev–Trinajstić information content (AvgIpc) is 2.24. The van der Waals surface area contributed by atoms with E-state index in [1.54, 1.807) is 11.8 Å². The smallest absolute Gasteiger partial charge is 0.122 e. The van der Waals surface area contributed by atoms with Gasteiger partial charge in [-0.2, -0.15) is 0 Å². The van der Waals surface area contributed by atoms with Crippen LogP contribution in [0, 0.1) is 13.8 Å². The van der Waals surface area contributed by atoms with E-state index in [0.29, 0.717) is 5.69 Å². The fourth-order valence-electron chi connectivity index (χ4n) is 1.97. The number of rotatable bonds is 4. The van der Waals surface area contributed by atoms with E-state index in [1.807, 2.05) is 39.0 Å². The van der Waals surface area contributed by atoms with Crippen molar-refractivity contribution >= 4 is 17.4 Å². The highest BCUT2D eigenvalue weighted by Gasteiger charge is 2.06. The summed E-state index contributed by atoms with van der Waals surface area (Å²) in [6, 6.07) is 9.93. The van der Waals surface area contributed by atoms with Crippen molar-refractivity contribution in [1.29, 1.82) is 0 Å². The van der Waals surface area contributed by atoms with Crippen molar-refractivity contribution in [3.05, 3.63) is 41.6 Å². The molecule has 0 aliphatic rings. The number of hydrogen-bond donors (Lipinski definition) is 1. The fraction of sp³-hybridized carbons (Fsp3) is 0.312. The third kappa shape index (κ3) is 4.17. The molecular weight excluding hydrogens is 268 g/mol. The molecular formula is C16H20N2OS. The van der Waals surface area contributed by atoms with Gasteiger partial charge < -0.3 is 10.5 Å². The lowest BCUT2D eigenvalue weighted by molar-refractivity contribution is 0.242. The van der Waals surface area contributed by atoms with E-state index < -0.39 is 0 Å². The number of benzene rings is 1. The maximum atomic E-state index is 5.93. The second-order valence-electron chi connectivity index (χ2n) is 5.13. The molecule has 20 heavy (non-hydrogen) atoms. The van der Waals surface area contributed by atoms with Gasteiger partial charge >= 0.3 is 0 Å². The van der Waals surface area contributed by atoms with Gasteiger partial charge in [-0.3, -0.25) is 0 Å². The van der Waals surface area contributed by atoms with Crippen LogP contribution in [0.2, 0.25) is 0 Å². The van der Waals surface area contributed by atoms with E-state index in [2.05, 4.69) is 24.0 Å². The van der Waals surface area contributed by atoms with E-state index >= 15 is 0 Å². The van der Waals surface area contributed by atoms with Gasteiger partial charge in [-0.25, -0.2) is 4.98 Å². The number of nitrogens with two attached hydrogens (primary N) is 1. The Labute approximate surface area is 124 Å². The van der Waals surface area contributed by atoms with E-state index in [4.69, 9.17) is 10.5 Å². The molecule has 0 aliphatic carbocycles. The third-order valence-corrected chi connectivity index (χ3v) is 3.46. The molecule has 0 saturated carbocycles. The van der Waals surface area contributed by atoms with Crippen LogP contribution in [0.5, 0.6) is 5.75 Å². The minimum Gasteiger partial charge on any atom is -0.491 e. The molecule has 0 bridgehead atoms.